The molecule has 4 nitrogen and oxygen atoms in total. The Labute approximate surface area is 119 Å². The number of nitrogens with zero attached hydrogens (tertiary/aromatic N) is 1. The van der Waals surface area contributed by atoms with Crippen molar-refractivity contribution in [2.45, 2.75) is 19.9 Å². The van der Waals surface area contributed by atoms with Crippen molar-refractivity contribution in [2.24, 2.45) is 0 Å². The first kappa shape index (κ1) is 14.1. The van der Waals surface area contributed by atoms with E-state index in [1.807, 2.05) is 30.3 Å². The van der Waals surface area contributed by atoms with Gasteiger partial charge in [0.05, 0.1) is 0 Å². The number of anilines is 1. The molecule has 104 valence electrons. The topological polar surface area (TPSA) is 54.0 Å². The normalized spacial score (nSPS) is 10.1. The first-order valence-corrected chi connectivity index (χ1v) is 6.81. The summed E-state index contributed by atoms with van der Waals surface area (Å²) < 4.78 is 0. The summed E-state index contributed by atoms with van der Waals surface area (Å²) in [7, 11) is 0. The molecule has 1 amide bonds. The number of hydrogen-bond donors (Lipinski definition) is 2. The third-order valence-electron chi connectivity index (χ3n) is 2.87. The third-order valence-corrected chi connectivity index (χ3v) is 2.87. The predicted octanol–water partition coefficient (Wildman–Crippen LogP) is 2.83. The lowest BCUT2D eigenvalue weighted by Crippen LogP contribution is -2.23. The van der Waals surface area contributed by atoms with E-state index < -0.39 is 0 Å². The van der Waals surface area contributed by atoms with E-state index in [0.29, 0.717) is 12.1 Å². The van der Waals surface area contributed by atoms with E-state index in [0.717, 1.165) is 24.3 Å². The van der Waals surface area contributed by atoms with Gasteiger partial charge in [0, 0.05) is 24.8 Å². The highest BCUT2D eigenvalue weighted by Crippen LogP contribution is 2.07. The van der Waals surface area contributed by atoms with E-state index in [1.54, 1.807) is 18.3 Å². The van der Waals surface area contributed by atoms with Crippen molar-refractivity contribution in [3.63, 3.8) is 0 Å². The largest absolute Gasteiger partial charge is 0.370 e. The van der Waals surface area contributed by atoms with Gasteiger partial charge in [-0.1, -0.05) is 37.3 Å². The van der Waals surface area contributed by atoms with Crippen molar-refractivity contribution in [3.8, 4) is 0 Å². The van der Waals surface area contributed by atoms with E-state index in [9.17, 15) is 4.79 Å². The van der Waals surface area contributed by atoms with Gasteiger partial charge in [0.25, 0.3) is 5.91 Å². The number of benzene rings is 1. The second-order valence-electron chi connectivity index (χ2n) is 4.52. The van der Waals surface area contributed by atoms with Crippen LogP contribution >= 0.6 is 0 Å². The molecule has 0 aliphatic carbocycles. The van der Waals surface area contributed by atoms with Crippen LogP contribution in [0.5, 0.6) is 0 Å². The van der Waals surface area contributed by atoms with E-state index in [2.05, 4.69) is 22.5 Å². The molecule has 0 atom stereocenters. The zero-order valence-corrected chi connectivity index (χ0v) is 11.6. The fourth-order valence-corrected chi connectivity index (χ4v) is 1.80. The van der Waals surface area contributed by atoms with Crippen molar-refractivity contribution in [3.05, 3.63) is 59.8 Å². The summed E-state index contributed by atoms with van der Waals surface area (Å²) in [6, 6.07) is 13.3. The first-order valence-electron chi connectivity index (χ1n) is 6.81. The molecule has 1 heterocycles. The minimum Gasteiger partial charge on any atom is -0.370 e. The van der Waals surface area contributed by atoms with E-state index in [4.69, 9.17) is 0 Å². The number of pyridine rings is 1. The quantitative estimate of drug-likeness (QED) is 0.848. The fraction of sp³-hybridized carbons (Fsp3) is 0.250. The van der Waals surface area contributed by atoms with Crippen LogP contribution in [0.2, 0.25) is 0 Å². The van der Waals surface area contributed by atoms with Crippen molar-refractivity contribution >= 4 is 11.7 Å². The minimum atomic E-state index is -0.0872. The third kappa shape index (κ3) is 4.09. The van der Waals surface area contributed by atoms with Gasteiger partial charge in [-0.3, -0.25) is 4.79 Å². The first-order chi connectivity index (χ1) is 9.79. The summed E-state index contributed by atoms with van der Waals surface area (Å²) in [5.41, 5.74) is 1.70. The average molecular weight is 269 g/mol. The van der Waals surface area contributed by atoms with Crippen molar-refractivity contribution < 1.29 is 4.79 Å². The number of nitrogens with one attached hydrogen (secondary N) is 2. The van der Waals surface area contributed by atoms with Crippen LogP contribution in [0.3, 0.4) is 0 Å². The van der Waals surface area contributed by atoms with Crippen LogP contribution < -0.4 is 10.6 Å². The number of rotatable bonds is 6. The molecule has 2 aromatic rings. The van der Waals surface area contributed by atoms with Crippen LogP contribution in [0.4, 0.5) is 5.82 Å². The summed E-state index contributed by atoms with van der Waals surface area (Å²) in [4.78, 5) is 16.3. The molecule has 0 aliphatic heterocycles. The van der Waals surface area contributed by atoms with Crippen molar-refractivity contribution in [1.29, 1.82) is 0 Å². The van der Waals surface area contributed by atoms with Gasteiger partial charge in [-0.05, 0) is 24.1 Å². The molecule has 2 N–H and O–H groups in total. The van der Waals surface area contributed by atoms with Crippen LogP contribution in [0.25, 0.3) is 0 Å². The Balaban J connectivity index is 1.95. The summed E-state index contributed by atoms with van der Waals surface area (Å²) >= 11 is 0. The van der Waals surface area contributed by atoms with Gasteiger partial charge in [0.1, 0.15) is 5.82 Å². The number of aromatic nitrogens is 1. The molecular formula is C16H19N3O. The summed E-state index contributed by atoms with van der Waals surface area (Å²) in [6.45, 7) is 3.46. The molecule has 0 radical (unpaired) electrons. The van der Waals surface area contributed by atoms with Crippen LogP contribution in [-0.2, 0) is 6.54 Å². The summed E-state index contributed by atoms with van der Waals surface area (Å²) in [5.74, 6) is 0.648. The molecule has 2 rings (SSSR count). The smallest absolute Gasteiger partial charge is 0.251 e. The van der Waals surface area contributed by atoms with Gasteiger partial charge in [0.2, 0.25) is 0 Å². The van der Waals surface area contributed by atoms with Crippen LogP contribution in [0.15, 0.2) is 48.7 Å². The highest BCUT2D eigenvalue weighted by Gasteiger charge is 2.06. The second kappa shape index (κ2) is 7.28. The molecule has 1 aromatic carbocycles. The maximum absolute atomic E-state index is 12.1. The minimum absolute atomic E-state index is 0.0872. The number of carbonyl (C=O) groups is 1. The fourth-order valence-electron chi connectivity index (χ4n) is 1.80. The molecule has 0 bridgehead atoms. The number of carbonyl (C=O) groups excluding carboxylic acids is 1. The average Bonchev–Trinajstić information content (AvgIpc) is 2.52. The SMILES string of the molecule is CCCNc1cc(C(=O)NCc2ccccc2)ccn1. The molecule has 20 heavy (non-hydrogen) atoms. The van der Waals surface area contributed by atoms with Gasteiger partial charge in [-0.2, -0.15) is 0 Å². The lowest BCUT2D eigenvalue weighted by molar-refractivity contribution is 0.0951. The van der Waals surface area contributed by atoms with Crippen LogP contribution in [0, 0.1) is 0 Å². The highest BCUT2D eigenvalue weighted by atomic mass is 16.1. The maximum Gasteiger partial charge on any atom is 0.251 e. The van der Waals surface area contributed by atoms with Crippen molar-refractivity contribution in [1.82, 2.24) is 10.3 Å². The Kier molecular flexibility index (Phi) is 5.12. The van der Waals surface area contributed by atoms with Crippen LogP contribution in [0.1, 0.15) is 29.3 Å². The molecule has 0 fully saturated rings. The molecule has 0 aliphatic rings. The zero-order valence-electron chi connectivity index (χ0n) is 11.6. The van der Waals surface area contributed by atoms with E-state index in [1.165, 1.54) is 0 Å². The summed E-state index contributed by atoms with van der Waals surface area (Å²) in [6.07, 6.45) is 2.67. The summed E-state index contributed by atoms with van der Waals surface area (Å²) in [5, 5.41) is 6.08. The molecular weight excluding hydrogens is 250 g/mol. The number of hydrogen-bond acceptors (Lipinski definition) is 3. The molecule has 4 heteroatoms. The maximum atomic E-state index is 12.1. The Bertz CT molecular complexity index is 555. The second-order valence-corrected chi connectivity index (χ2v) is 4.52. The van der Waals surface area contributed by atoms with E-state index >= 15 is 0 Å². The Morgan fingerprint density at radius 1 is 1.20 bits per heavy atom. The van der Waals surface area contributed by atoms with Gasteiger partial charge in [-0.15, -0.1) is 0 Å². The highest BCUT2D eigenvalue weighted by molar-refractivity contribution is 5.94. The predicted molar refractivity (Wildman–Crippen MR) is 80.6 cm³/mol. The lowest BCUT2D eigenvalue weighted by atomic mass is 10.2. The van der Waals surface area contributed by atoms with Crippen molar-refractivity contribution in [2.75, 3.05) is 11.9 Å². The Hall–Kier alpha value is -2.36. The molecule has 0 saturated heterocycles. The Morgan fingerprint density at radius 2 is 2.00 bits per heavy atom. The van der Waals surface area contributed by atoms with Gasteiger partial charge in [0.15, 0.2) is 0 Å². The van der Waals surface area contributed by atoms with Gasteiger partial charge >= 0.3 is 0 Å². The Morgan fingerprint density at radius 3 is 2.75 bits per heavy atom. The van der Waals surface area contributed by atoms with Gasteiger partial charge in [-0.25, -0.2) is 4.98 Å². The standard InChI is InChI=1S/C16H19N3O/c1-2-9-17-15-11-14(8-10-18-15)16(20)19-12-13-6-4-3-5-7-13/h3-8,10-11H,2,9,12H2,1H3,(H,17,18)(H,19,20). The monoisotopic (exact) mass is 269 g/mol. The van der Waals surface area contributed by atoms with E-state index in [-0.39, 0.29) is 5.91 Å². The van der Waals surface area contributed by atoms with Gasteiger partial charge < -0.3 is 10.6 Å². The molecule has 0 spiro atoms. The molecule has 0 unspecified atom stereocenters. The zero-order chi connectivity index (χ0) is 14.2. The number of amides is 1. The lowest BCUT2D eigenvalue weighted by Gasteiger charge is -2.07. The van der Waals surface area contributed by atoms with Crippen LogP contribution in [-0.4, -0.2) is 17.4 Å². The molecule has 1 aromatic heterocycles. The molecule has 0 saturated carbocycles.